The first-order valence-corrected chi connectivity index (χ1v) is 7.15. The van der Waals surface area contributed by atoms with Gasteiger partial charge >= 0.3 is 0 Å². The highest BCUT2D eigenvalue weighted by atomic mass is 79.9. The summed E-state index contributed by atoms with van der Waals surface area (Å²) in [5.41, 5.74) is 1.50. The highest BCUT2D eigenvalue weighted by molar-refractivity contribution is 9.10. The lowest BCUT2D eigenvalue weighted by molar-refractivity contribution is 0.150. The third-order valence-corrected chi connectivity index (χ3v) is 4.57. The minimum Gasteiger partial charge on any atom is -0.293 e. The van der Waals surface area contributed by atoms with Crippen LogP contribution in [0.1, 0.15) is 43.7 Å². The fourth-order valence-corrected chi connectivity index (χ4v) is 3.75. The summed E-state index contributed by atoms with van der Waals surface area (Å²) in [7, 11) is 0. The molecule has 0 amide bonds. The van der Waals surface area contributed by atoms with Crippen LogP contribution in [0.4, 0.5) is 0 Å². The number of halogens is 1. The second-order valence-electron chi connectivity index (χ2n) is 5.04. The Labute approximate surface area is 106 Å². The predicted octanol–water partition coefficient (Wildman–Crippen LogP) is 4.14. The monoisotopic (exact) mass is 279 g/mol. The molecular formula is C14H18BrN. The smallest absolute Gasteiger partial charge is 0.0352 e. The van der Waals surface area contributed by atoms with Gasteiger partial charge in [0.1, 0.15) is 0 Å². The molecule has 0 spiro atoms. The average molecular weight is 280 g/mol. The van der Waals surface area contributed by atoms with Crippen molar-refractivity contribution in [2.45, 2.75) is 44.2 Å². The Hall–Kier alpha value is -0.340. The molecule has 2 fully saturated rings. The van der Waals surface area contributed by atoms with Crippen LogP contribution in [0, 0.1) is 0 Å². The lowest BCUT2D eigenvalue weighted by atomic mass is 10.0. The molecule has 3 rings (SSSR count). The molecule has 2 aliphatic rings. The topological polar surface area (TPSA) is 3.24 Å². The fraction of sp³-hybridized carbons (Fsp3) is 0.571. The molecule has 0 radical (unpaired) electrons. The number of fused-ring (bicyclic) bond motifs is 1. The summed E-state index contributed by atoms with van der Waals surface area (Å²) in [4.78, 5) is 2.74. The Morgan fingerprint density at radius 1 is 1.12 bits per heavy atom. The van der Waals surface area contributed by atoms with Crippen LogP contribution in [0.2, 0.25) is 0 Å². The molecule has 0 unspecified atom stereocenters. The summed E-state index contributed by atoms with van der Waals surface area (Å²) in [5, 5.41) is 0. The molecule has 1 aromatic carbocycles. The maximum Gasteiger partial charge on any atom is 0.0352 e. The number of benzene rings is 1. The molecule has 16 heavy (non-hydrogen) atoms. The van der Waals surface area contributed by atoms with Crippen molar-refractivity contribution in [2.24, 2.45) is 0 Å². The zero-order chi connectivity index (χ0) is 11.0. The number of nitrogens with zero attached hydrogens (tertiary/aromatic N) is 1. The van der Waals surface area contributed by atoms with E-state index in [0.29, 0.717) is 6.04 Å². The predicted molar refractivity (Wildman–Crippen MR) is 70.5 cm³/mol. The van der Waals surface area contributed by atoms with Crippen LogP contribution in [0.5, 0.6) is 0 Å². The third kappa shape index (κ3) is 1.93. The van der Waals surface area contributed by atoms with Crippen molar-refractivity contribution >= 4 is 15.9 Å². The second kappa shape index (κ2) is 4.50. The van der Waals surface area contributed by atoms with Crippen LogP contribution in [0.15, 0.2) is 28.7 Å². The van der Waals surface area contributed by atoms with E-state index in [-0.39, 0.29) is 0 Å². The average Bonchev–Trinajstić information content (AvgIpc) is 2.72. The normalized spacial score (nSPS) is 30.3. The van der Waals surface area contributed by atoms with E-state index in [1.807, 2.05) is 0 Å². The van der Waals surface area contributed by atoms with Gasteiger partial charge in [0, 0.05) is 16.6 Å². The molecule has 2 aliphatic heterocycles. The number of piperidine rings is 1. The van der Waals surface area contributed by atoms with E-state index in [1.165, 1.54) is 48.7 Å². The van der Waals surface area contributed by atoms with Crippen molar-refractivity contribution in [3.63, 3.8) is 0 Å². The SMILES string of the molecule is Brc1cccc([C@H]2CC[C@H]3CCCCN32)c1. The van der Waals surface area contributed by atoms with Crippen molar-refractivity contribution in [3.05, 3.63) is 34.3 Å². The first-order valence-electron chi connectivity index (χ1n) is 6.36. The van der Waals surface area contributed by atoms with E-state index >= 15 is 0 Å². The lowest BCUT2D eigenvalue weighted by Crippen LogP contribution is -2.35. The molecule has 1 nitrogen and oxygen atoms in total. The molecule has 0 N–H and O–H groups in total. The maximum atomic E-state index is 3.58. The summed E-state index contributed by atoms with van der Waals surface area (Å²) < 4.78 is 1.21. The quantitative estimate of drug-likeness (QED) is 0.747. The maximum absolute atomic E-state index is 3.58. The van der Waals surface area contributed by atoms with Gasteiger partial charge in [0.15, 0.2) is 0 Å². The number of rotatable bonds is 1. The summed E-state index contributed by atoms with van der Waals surface area (Å²) >= 11 is 3.58. The fourth-order valence-electron chi connectivity index (χ4n) is 3.33. The zero-order valence-corrected chi connectivity index (χ0v) is 11.1. The molecule has 86 valence electrons. The van der Waals surface area contributed by atoms with Gasteiger partial charge in [-0.25, -0.2) is 0 Å². The first-order chi connectivity index (χ1) is 7.84. The minimum absolute atomic E-state index is 0.683. The summed E-state index contributed by atoms with van der Waals surface area (Å²) in [6.45, 7) is 1.31. The van der Waals surface area contributed by atoms with E-state index < -0.39 is 0 Å². The Morgan fingerprint density at radius 2 is 2.06 bits per heavy atom. The van der Waals surface area contributed by atoms with Gasteiger partial charge in [0.25, 0.3) is 0 Å². The Morgan fingerprint density at radius 3 is 2.94 bits per heavy atom. The van der Waals surface area contributed by atoms with E-state index in [1.54, 1.807) is 0 Å². The van der Waals surface area contributed by atoms with Gasteiger partial charge in [-0.3, -0.25) is 4.90 Å². The zero-order valence-electron chi connectivity index (χ0n) is 9.53. The highest BCUT2D eigenvalue weighted by Gasteiger charge is 2.35. The highest BCUT2D eigenvalue weighted by Crippen LogP contribution is 2.40. The van der Waals surface area contributed by atoms with Crippen molar-refractivity contribution in [3.8, 4) is 0 Å². The van der Waals surface area contributed by atoms with E-state index in [4.69, 9.17) is 0 Å². The molecule has 0 aliphatic carbocycles. The molecule has 0 saturated carbocycles. The van der Waals surface area contributed by atoms with Crippen LogP contribution in [0.25, 0.3) is 0 Å². The molecule has 2 atom stereocenters. The van der Waals surface area contributed by atoms with Gasteiger partial charge < -0.3 is 0 Å². The van der Waals surface area contributed by atoms with Gasteiger partial charge in [-0.15, -0.1) is 0 Å². The van der Waals surface area contributed by atoms with Gasteiger partial charge in [-0.05, 0) is 49.9 Å². The lowest BCUT2D eigenvalue weighted by Gasteiger charge is -2.34. The summed E-state index contributed by atoms with van der Waals surface area (Å²) in [6, 6.07) is 10.4. The Balaban J connectivity index is 1.85. The summed E-state index contributed by atoms with van der Waals surface area (Å²) in [5.74, 6) is 0. The molecule has 2 heterocycles. The van der Waals surface area contributed by atoms with E-state index in [0.717, 1.165) is 6.04 Å². The molecule has 2 saturated heterocycles. The molecule has 0 bridgehead atoms. The second-order valence-corrected chi connectivity index (χ2v) is 5.95. The van der Waals surface area contributed by atoms with Crippen molar-refractivity contribution < 1.29 is 0 Å². The Bertz CT molecular complexity index is 377. The number of hydrogen-bond donors (Lipinski definition) is 0. The van der Waals surface area contributed by atoms with Crippen LogP contribution in [-0.4, -0.2) is 17.5 Å². The van der Waals surface area contributed by atoms with Crippen LogP contribution in [0.3, 0.4) is 0 Å². The largest absolute Gasteiger partial charge is 0.293 e. The number of hydrogen-bond acceptors (Lipinski definition) is 1. The van der Waals surface area contributed by atoms with Gasteiger partial charge in [-0.2, -0.15) is 0 Å². The molecular weight excluding hydrogens is 262 g/mol. The van der Waals surface area contributed by atoms with E-state index in [9.17, 15) is 0 Å². The first kappa shape index (κ1) is 10.8. The van der Waals surface area contributed by atoms with Gasteiger partial charge in [-0.1, -0.05) is 34.5 Å². The van der Waals surface area contributed by atoms with Crippen LogP contribution in [-0.2, 0) is 0 Å². The van der Waals surface area contributed by atoms with Crippen molar-refractivity contribution in [1.82, 2.24) is 4.90 Å². The minimum atomic E-state index is 0.683. The Kier molecular flexibility index (Phi) is 3.03. The molecule has 1 aromatic rings. The van der Waals surface area contributed by atoms with E-state index in [2.05, 4.69) is 45.1 Å². The summed E-state index contributed by atoms with van der Waals surface area (Å²) in [6.07, 6.45) is 7.00. The third-order valence-electron chi connectivity index (χ3n) is 4.08. The van der Waals surface area contributed by atoms with Crippen LogP contribution >= 0.6 is 15.9 Å². The van der Waals surface area contributed by atoms with Gasteiger partial charge in [0.2, 0.25) is 0 Å². The standard InChI is InChI=1S/C14H18BrN/c15-12-5-3-4-11(10-12)14-8-7-13-6-1-2-9-16(13)14/h3-5,10,13-14H,1-2,6-9H2/t13-,14-/m1/s1. The van der Waals surface area contributed by atoms with Crippen molar-refractivity contribution in [2.75, 3.05) is 6.54 Å². The van der Waals surface area contributed by atoms with Crippen LogP contribution < -0.4 is 0 Å². The molecule has 2 heteroatoms. The molecule has 0 aromatic heterocycles. The van der Waals surface area contributed by atoms with Crippen molar-refractivity contribution in [1.29, 1.82) is 0 Å². The van der Waals surface area contributed by atoms with Gasteiger partial charge in [0.05, 0.1) is 0 Å².